The quantitative estimate of drug-likeness (QED) is 0.865. The van der Waals surface area contributed by atoms with Crippen LogP contribution >= 0.6 is 11.3 Å². The lowest BCUT2D eigenvalue weighted by atomic mass is 9.98. The Hall–Kier alpha value is -1.12. The summed E-state index contributed by atoms with van der Waals surface area (Å²) in [7, 11) is 0. The highest BCUT2D eigenvalue weighted by Gasteiger charge is 2.07. The van der Waals surface area contributed by atoms with Crippen LogP contribution in [0.4, 0.5) is 0 Å². The zero-order valence-corrected chi connectivity index (χ0v) is 11.3. The minimum atomic E-state index is 0.149. The maximum Gasteiger partial charge on any atom is 0.0298 e. The molecule has 0 saturated heterocycles. The van der Waals surface area contributed by atoms with Gasteiger partial charge >= 0.3 is 0 Å². The molecule has 2 heteroatoms. The van der Waals surface area contributed by atoms with Crippen LogP contribution in [0, 0.1) is 13.8 Å². The normalized spacial score (nSPS) is 12.6. The monoisotopic (exact) mass is 245 g/mol. The van der Waals surface area contributed by atoms with Gasteiger partial charge in [-0.05, 0) is 43.7 Å². The molecule has 1 aromatic heterocycles. The number of aryl methyl sites for hydroxylation is 3. The van der Waals surface area contributed by atoms with E-state index in [0.29, 0.717) is 0 Å². The summed E-state index contributed by atoms with van der Waals surface area (Å²) in [6, 6.07) is 11.0. The fraction of sp³-hybridized carbons (Fsp3) is 0.333. The first kappa shape index (κ1) is 12.3. The average Bonchev–Trinajstić information content (AvgIpc) is 2.77. The van der Waals surface area contributed by atoms with Crippen LogP contribution in [0.2, 0.25) is 0 Å². The van der Waals surface area contributed by atoms with E-state index in [1.54, 1.807) is 0 Å². The summed E-state index contributed by atoms with van der Waals surface area (Å²) >= 11 is 1.81. The Bertz CT molecular complexity index is 453. The summed E-state index contributed by atoms with van der Waals surface area (Å²) in [6.45, 7) is 4.25. The third-order valence-electron chi connectivity index (χ3n) is 2.95. The number of rotatable bonds is 4. The SMILES string of the molecule is Cc1cc(C)cc(C(N)CCc2cccs2)c1. The van der Waals surface area contributed by atoms with Crippen LogP contribution in [0.15, 0.2) is 35.7 Å². The zero-order chi connectivity index (χ0) is 12.3. The Kier molecular flexibility index (Phi) is 3.97. The van der Waals surface area contributed by atoms with Crippen molar-refractivity contribution in [2.45, 2.75) is 32.7 Å². The van der Waals surface area contributed by atoms with Gasteiger partial charge in [0.05, 0.1) is 0 Å². The lowest BCUT2D eigenvalue weighted by Gasteiger charge is -2.13. The predicted octanol–water partition coefficient (Wildman–Crippen LogP) is 4.00. The largest absolute Gasteiger partial charge is 0.324 e. The molecule has 1 unspecified atom stereocenters. The molecule has 0 saturated carbocycles. The van der Waals surface area contributed by atoms with Crippen molar-refractivity contribution in [3.8, 4) is 0 Å². The van der Waals surface area contributed by atoms with Crippen molar-refractivity contribution in [2.75, 3.05) is 0 Å². The van der Waals surface area contributed by atoms with E-state index >= 15 is 0 Å². The van der Waals surface area contributed by atoms with Crippen molar-refractivity contribution < 1.29 is 0 Å². The van der Waals surface area contributed by atoms with Crippen LogP contribution in [0.25, 0.3) is 0 Å². The second-order valence-electron chi connectivity index (χ2n) is 4.65. The van der Waals surface area contributed by atoms with Crippen LogP contribution in [0.5, 0.6) is 0 Å². The van der Waals surface area contributed by atoms with Crippen molar-refractivity contribution in [2.24, 2.45) is 5.73 Å². The van der Waals surface area contributed by atoms with E-state index < -0.39 is 0 Å². The van der Waals surface area contributed by atoms with E-state index in [1.165, 1.54) is 21.6 Å². The molecule has 0 spiro atoms. The zero-order valence-electron chi connectivity index (χ0n) is 10.4. The molecule has 0 radical (unpaired) electrons. The number of hydrogen-bond acceptors (Lipinski definition) is 2. The highest BCUT2D eigenvalue weighted by atomic mass is 32.1. The highest BCUT2D eigenvalue weighted by molar-refractivity contribution is 7.09. The second kappa shape index (κ2) is 5.48. The lowest BCUT2D eigenvalue weighted by Crippen LogP contribution is -2.11. The van der Waals surface area contributed by atoms with E-state index in [1.807, 2.05) is 11.3 Å². The molecule has 1 nitrogen and oxygen atoms in total. The van der Waals surface area contributed by atoms with Crippen molar-refractivity contribution in [3.05, 3.63) is 57.3 Å². The Morgan fingerprint density at radius 3 is 2.47 bits per heavy atom. The summed E-state index contributed by atoms with van der Waals surface area (Å²) < 4.78 is 0. The molecule has 2 aromatic rings. The Balaban J connectivity index is 2.01. The summed E-state index contributed by atoms with van der Waals surface area (Å²) in [5, 5.41) is 2.12. The molecular formula is C15H19NS. The summed E-state index contributed by atoms with van der Waals surface area (Å²) in [6.07, 6.45) is 2.09. The average molecular weight is 245 g/mol. The van der Waals surface area contributed by atoms with Gasteiger partial charge in [-0.3, -0.25) is 0 Å². The Labute approximate surface area is 107 Å². The number of nitrogens with two attached hydrogens (primary N) is 1. The van der Waals surface area contributed by atoms with Crippen molar-refractivity contribution in [1.82, 2.24) is 0 Å². The van der Waals surface area contributed by atoms with Crippen LogP contribution in [-0.4, -0.2) is 0 Å². The number of thiophene rings is 1. The van der Waals surface area contributed by atoms with Crippen LogP contribution in [0.3, 0.4) is 0 Å². The van der Waals surface area contributed by atoms with E-state index in [2.05, 4.69) is 49.6 Å². The standard InChI is InChI=1S/C15H19NS/c1-11-8-12(2)10-13(9-11)15(16)6-5-14-4-3-7-17-14/h3-4,7-10,15H,5-6,16H2,1-2H3. The van der Waals surface area contributed by atoms with Crippen molar-refractivity contribution in [3.63, 3.8) is 0 Å². The van der Waals surface area contributed by atoms with Gasteiger partial charge in [0.15, 0.2) is 0 Å². The molecule has 1 heterocycles. The maximum absolute atomic E-state index is 6.25. The van der Waals surface area contributed by atoms with Gasteiger partial charge in [0, 0.05) is 10.9 Å². The predicted molar refractivity (Wildman–Crippen MR) is 75.5 cm³/mol. The third kappa shape index (κ3) is 3.42. The molecular weight excluding hydrogens is 226 g/mol. The van der Waals surface area contributed by atoms with Crippen molar-refractivity contribution in [1.29, 1.82) is 0 Å². The lowest BCUT2D eigenvalue weighted by molar-refractivity contribution is 0.654. The Morgan fingerprint density at radius 1 is 1.18 bits per heavy atom. The van der Waals surface area contributed by atoms with E-state index in [9.17, 15) is 0 Å². The summed E-state index contributed by atoms with van der Waals surface area (Å²) in [5.41, 5.74) is 10.1. The van der Waals surface area contributed by atoms with Gasteiger partial charge in [-0.1, -0.05) is 35.4 Å². The maximum atomic E-state index is 6.25. The van der Waals surface area contributed by atoms with Crippen LogP contribution < -0.4 is 5.73 Å². The summed E-state index contributed by atoms with van der Waals surface area (Å²) in [5.74, 6) is 0. The minimum Gasteiger partial charge on any atom is -0.324 e. The van der Waals surface area contributed by atoms with Gasteiger partial charge in [-0.2, -0.15) is 0 Å². The molecule has 2 N–H and O–H groups in total. The van der Waals surface area contributed by atoms with Gasteiger partial charge < -0.3 is 5.73 Å². The molecule has 0 bridgehead atoms. The van der Waals surface area contributed by atoms with Crippen LogP contribution in [-0.2, 0) is 6.42 Å². The number of hydrogen-bond donors (Lipinski definition) is 1. The number of benzene rings is 1. The molecule has 90 valence electrons. The molecule has 2 rings (SSSR count). The molecule has 1 atom stereocenters. The minimum absolute atomic E-state index is 0.149. The molecule has 0 aliphatic carbocycles. The van der Waals surface area contributed by atoms with E-state index in [4.69, 9.17) is 5.73 Å². The van der Waals surface area contributed by atoms with Gasteiger partial charge in [-0.15, -0.1) is 11.3 Å². The smallest absolute Gasteiger partial charge is 0.0298 e. The fourth-order valence-electron chi connectivity index (χ4n) is 2.14. The van der Waals surface area contributed by atoms with Gasteiger partial charge in [0.1, 0.15) is 0 Å². The van der Waals surface area contributed by atoms with Gasteiger partial charge in [0.2, 0.25) is 0 Å². The van der Waals surface area contributed by atoms with Crippen molar-refractivity contribution >= 4 is 11.3 Å². The van der Waals surface area contributed by atoms with Crippen LogP contribution in [0.1, 0.15) is 34.0 Å². The summed E-state index contributed by atoms with van der Waals surface area (Å²) in [4.78, 5) is 1.42. The fourth-order valence-corrected chi connectivity index (χ4v) is 2.87. The second-order valence-corrected chi connectivity index (χ2v) is 5.68. The molecule has 1 aromatic carbocycles. The van der Waals surface area contributed by atoms with Gasteiger partial charge in [-0.25, -0.2) is 0 Å². The van der Waals surface area contributed by atoms with E-state index in [0.717, 1.165) is 12.8 Å². The molecule has 17 heavy (non-hydrogen) atoms. The first-order chi connectivity index (χ1) is 8.15. The molecule has 0 aliphatic rings. The van der Waals surface area contributed by atoms with E-state index in [-0.39, 0.29) is 6.04 Å². The molecule has 0 fully saturated rings. The molecule has 0 amide bonds. The molecule has 0 aliphatic heterocycles. The third-order valence-corrected chi connectivity index (χ3v) is 3.89. The topological polar surface area (TPSA) is 26.0 Å². The Morgan fingerprint density at radius 2 is 1.88 bits per heavy atom. The first-order valence-corrected chi connectivity index (χ1v) is 6.89. The highest BCUT2D eigenvalue weighted by Crippen LogP contribution is 2.21. The van der Waals surface area contributed by atoms with Gasteiger partial charge in [0.25, 0.3) is 0 Å². The first-order valence-electron chi connectivity index (χ1n) is 6.01.